The zero-order valence-corrected chi connectivity index (χ0v) is 12.1. The summed E-state index contributed by atoms with van der Waals surface area (Å²) in [5, 5.41) is 9.34. The second-order valence-electron chi connectivity index (χ2n) is 5.95. The molecule has 1 atom stereocenters. The molecule has 2 rings (SSSR count). The Hall–Kier alpha value is -1.36. The SMILES string of the molecule is C=C1CN(C(C)C)CC2(CNC(=O)C2)CN1/N=C\C. The largest absolute Gasteiger partial charge is 0.355 e. The second-order valence-corrected chi connectivity index (χ2v) is 5.95. The Balaban J connectivity index is 2.27. The monoisotopic (exact) mass is 264 g/mol. The number of hydrazone groups is 1. The molecule has 0 aromatic heterocycles. The predicted octanol–water partition coefficient (Wildman–Crippen LogP) is 1.04. The van der Waals surface area contributed by atoms with Crippen molar-refractivity contribution in [3.63, 3.8) is 0 Å². The first-order valence-electron chi connectivity index (χ1n) is 6.90. The molecule has 0 aliphatic carbocycles. The molecular weight excluding hydrogens is 240 g/mol. The summed E-state index contributed by atoms with van der Waals surface area (Å²) in [6.07, 6.45) is 2.37. The standard InChI is InChI=1S/C14H24N4O/c1-5-16-18-10-14(6-13(19)15-8-14)9-17(11(2)3)7-12(18)4/h5,11H,4,6-10H2,1-3H3,(H,15,19)/b16-5-. The molecule has 0 bridgehead atoms. The van der Waals surface area contributed by atoms with Crippen LogP contribution in [0.5, 0.6) is 0 Å². The highest BCUT2D eigenvalue weighted by Crippen LogP contribution is 2.33. The minimum absolute atomic E-state index is 0.0483. The second kappa shape index (κ2) is 5.33. The van der Waals surface area contributed by atoms with Gasteiger partial charge in [-0.2, -0.15) is 5.10 Å². The molecule has 1 N–H and O–H groups in total. The number of nitrogens with zero attached hydrogens (tertiary/aromatic N) is 3. The fourth-order valence-corrected chi connectivity index (χ4v) is 2.88. The Bertz CT molecular complexity index is 404. The summed E-state index contributed by atoms with van der Waals surface area (Å²) in [6, 6.07) is 0.440. The van der Waals surface area contributed by atoms with E-state index in [2.05, 4.69) is 35.7 Å². The molecule has 1 amide bonds. The number of nitrogens with one attached hydrogen (secondary N) is 1. The molecule has 2 saturated heterocycles. The van der Waals surface area contributed by atoms with E-state index in [4.69, 9.17) is 0 Å². The molecular formula is C14H24N4O. The Kier molecular flexibility index (Phi) is 3.94. The Labute approximate surface area is 115 Å². The zero-order valence-electron chi connectivity index (χ0n) is 12.1. The number of carbonyl (C=O) groups excluding carboxylic acids is 1. The summed E-state index contributed by atoms with van der Waals surface area (Å²) in [5.41, 5.74) is 0.954. The van der Waals surface area contributed by atoms with Gasteiger partial charge in [0, 0.05) is 49.4 Å². The molecule has 5 heteroatoms. The molecule has 2 aliphatic heterocycles. The van der Waals surface area contributed by atoms with Crippen LogP contribution in [0.4, 0.5) is 0 Å². The van der Waals surface area contributed by atoms with Gasteiger partial charge in [0.15, 0.2) is 0 Å². The fraction of sp³-hybridized carbons (Fsp3) is 0.714. The van der Waals surface area contributed by atoms with Crippen LogP contribution in [0.15, 0.2) is 17.4 Å². The Morgan fingerprint density at radius 2 is 2.21 bits per heavy atom. The van der Waals surface area contributed by atoms with E-state index in [-0.39, 0.29) is 11.3 Å². The van der Waals surface area contributed by atoms with E-state index in [9.17, 15) is 4.79 Å². The molecule has 2 fully saturated rings. The van der Waals surface area contributed by atoms with Crippen molar-refractivity contribution in [2.45, 2.75) is 33.2 Å². The van der Waals surface area contributed by atoms with Gasteiger partial charge >= 0.3 is 0 Å². The maximum atomic E-state index is 11.6. The molecule has 1 spiro atoms. The highest BCUT2D eigenvalue weighted by atomic mass is 16.1. The van der Waals surface area contributed by atoms with Crippen LogP contribution in [-0.4, -0.2) is 54.3 Å². The van der Waals surface area contributed by atoms with E-state index >= 15 is 0 Å². The smallest absolute Gasteiger partial charge is 0.220 e. The lowest BCUT2D eigenvalue weighted by Crippen LogP contribution is -2.43. The van der Waals surface area contributed by atoms with Gasteiger partial charge in [-0.05, 0) is 20.8 Å². The first kappa shape index (κ1) is 14.1. The highest BCUT2D eigenvalue weighted by molar-refractivity contribution is 5.79. The van der Waals surface area contributed by atoms with E-state index in [0.717, 1.165) is 31.9 Å². The molecule has 5 nitrogen and oxygen atoms in total. The third-order valence-corrected chi connectivity index (χ3v) is 3.96. The third-order valence-electron chi connectivity index (χ3n) is 3.96. The van der Waals surface area contributed by atoms with Crippen LogP contribution in [0.2, 0.25) is 0 Å². The Morgan fingerprint density at radius 1 is 1.47 bits per heavy atom. The quantitative estimate of drug-likeness (QED) is 0.758. The van der Waals surface area contributed by atoms with Crippen LogP contribution in [0.1, 0.15) is 27.2 Å². The topological polar surface area (TPSA) is 47.9 Å². The molecule has 0 saturated carbocycles. The molecule has 2 heterocycles. The normalized spacial score (nSPS) is 29.6. The number of carbonyl (C=O) groups is 1. The first-order valence-corrected chi connectivity index (χ1v) is 6.90. The maximum Gasteiger partial charge on any atom is 0.220 e. The van der Waals surface area contributed by atoms with Gasteiger partial charge in [0.05, 0.1) is 6.54 Å². The minimum atomic E-state index is -0.0483. The lowest BCUT2D eigenvalue weighted by molar-refractivity contribution is -0.119. The summed E-state index contributed by atoms with van der Waals surface area (Å²) < 4.78 is 0. The first-order chi connectivity index (χ1) is 8.96. The summed E-state index contributed by atoms with van der Waals surface area (Å²) in [5.74, 6) is 0.150. The van der Waals surface area contributed by atoms with Crippen molar-refractivity contribution in [3.05, 3.63) is 12.3 Å². The van der Waals surface area contributed by atoms with Gasteiger partial charge in [-0.15, -0.1) is 0 Å². The minimum Gasteiger partial charge on any atom is -0.355 e. The fourth-order valence-electron chi connectivity index (χ4n) is 2.88. The Morgan fingerprint density at radius 3 is 2.74 bits per heavy atom. The van der Waals surface area contributed by atoms with E-state index in [1.54, 1.807) is 6.21 Å². The molecule has 0 aromatic rings. The number of amides is 1. The average Bonchev–Trinajstić information content (AvgIpc) is 2.62. The van der Waals surface area contributed by atoms with E-state index in [1.807, 2.05) is 11.9 Å². The summed E-state index contributed by atoms with van der Waals surface area (Å²) in [7, 11) is 0. The molecule has 19 heavy (non-hydrogen) atoms. The average molecular weight is 264 g/mol. The summed E-state index contributed by atoms with van der Waals surface area (Å²) in [4.78, 5) is 14.0. The van der Waals surface area contributed by atoms with Gasteiger partial charge in [-0.3, -0.25) is 14.7 Å². The molecule has 1 unspecified atom stereocenters. The lowest BCUT2D eigenvalue weighted by Gasteiger charge is -2.33. The zero-order chi connectivity index (χ0) is 14.0. The van der Waals surface area contributed by atoms with Crippen LogP contribution >= 0.6 is 0 Å². The molecule has 2 aliphatic rings. The van der Waals surface area contributed by atoms with Crippen LogP contribution in [0.25, 0.3) is 0 Å². The van der Waals surface area contributed by atoms with Crippen LogP contribution in [0, 0.1) is 5.41 Å². The van der Waals surface area contributed by atoms with Crippen LogP contribution in [0.3, 0.4) is 0 Å². The third kappa shape index (κ3) is 2.97. The van der Waals surface area contributed by atoms with Gasteiger partial charge in [-0.25, -0.2) is 0 Å². The summed E-state index contributed by atoms with van der Waals surface area (Å²) >= 11 is 0. The number of rotatable bonds is 2. The van der Waals surface area contributed by atoms with Gasteiger partial charge in [0.25, 0.3) is 0 Å². The maximum absolute atomic E-state index is 11.6. The van der Waals surface area contributed by atoms with Crippen LogP contribution < -0.4 is 5.32 Å². The van der Waals surface area contributed by atoms with Crippen molar-refractivity contribution in [3.8, 4) is 0 Å². The van der Waals surface area contributed by atoms with E-state index < -0.39 is 0 Å². The number of hydrogen-bond acceptors (Lipinski definition) is 4. The van der Waals surface area contributed by atoms with Crippen molar-refractivity contribution in [2.75, 3.05) is 26.2 Å². The van der Waals surface area contributed by atoms with Crippen molar-refractivity contribution >= 4 is 12.1 Å². The molecule has 106 valence electrons. The van der Waals surface area contributed by atoms with Gasteiger partial charge in [0.2, 0.25) is 5.91 Å². The predicted molar refractivity (Wildman–Crippen MR) is 76.8 cm³/mol. The van der Waals surface area contributed by atoms with Crippen LogP contribution in [-0.2, 0) is 4.79 Å². The van der Waals surface area contributed by atoms with Crippen molar-refractivity contribution in [1.29, 1.82) is 0 Å². The molecule has 0 aromatic carbocycles. The molecule has 0 radical (unpaired) electrons. The van der Waals surface area contributed by atoms with Gasteiger partial charge < -0.3 is 5.32 Å². The van der Waals surface area contributed by atoms with Crippen molar-refractivity contribution in [1.82, 2.24) is 15.2 Å². The highest BCUT2D eigenvalue weighted by Gasteiger charge is 2.44. The van der Waals surface area contributed by atoms with E-state index in [0.29, 0.717) is 12.5 Å². The van der Waals surface area contributed by atoms with Crippen molar-refractivity contribution < 1.29 is 4.79 Å². The summed E-state index contributed by atoms with van der Waals surface area (Å²) in [6.45, 7) is 13.6. The van der Waals surface area contributed by atoms with Crippen molar-refractivity contribution in [2.24, 2.45) is 10.5 Å². The lowest BCUT2D eigenvalue weighted by atomic mass is 9.86. The van der Waals surface area contributed by atoms with Gasteiger partial charge in [-0.1, -0.05) is 6.58 Å². The van der Waals surface area contributed by atoms with Gasteiger partial charge in [0.1, 0.15) is 0 Å². The number of hydrogen-bond donors (Lipinski definition) is 1. The van der Waals surface area contributed by atoms with E-state index in [1.165, 1.54) is 0 Å².